The summed E-state index contributed by atoms with van der Waals surface area (Å²) in [5, 5.41) is 4.98. The van der Waals surface area contributed by atoms with Crippen LogP contribution in [0.25, 0.3) is 10.8 Å². The number of nitrogens with one attached hydrogen (secondary N) is 1. The summed E-state index contributed by atoms with van der Waals surface area (Å²) in [6.07, 6.45) is 3.98. The average Bonchev–Trinajstić information content (AvgIpc) is 2.83. The Bertz CT molecular complexity index is 1080. The molecule has 0 aromatic heterocycles. The first kappa shape index (κ1) is 21.9. The molecule has 0 bridgehead atoms. The quantitative estimate of drug-likeness (QED) is 0.614. The fraction of sp³-hybridized carbons (Fsp3) is 0.333. The fourth-order valence-corrected chi connectivity index (χ4v) is 4.42. The van der Waals surface area contributed by atoms with Crippen LogP contribution in [0.4, 0.5) is 5.69 Å². The molecule has 4 rings (SSSR count). The van der Waals surface area contributed by atoms with E-state index in [1.54, 1.807) is 11.9 Å². The first-order valence-electron chi connectivity index (χ1n) is 11.4. The van der Waals surface area contributed by atoms with E-state index < -0.39 is 0 Å². The second-order valence-corrected chi connectivity index (χ2v) is 8.52. The van der Waals surface area contributed by atoms with Crippen molar-refractivity contribution in [2.75, 3.05) is 31.6 Å². The van der Waals surface area contributed by atoms with Crippen LogP contribution < -0.4 is 10.2 Å². The molecular weight excluding hydrogens is 398 g/mol. The van der Waals surface area contributed by atoms with Crippen LogP contribution in [0.3, 0.4) is 0 Å². The Hall–Kier alpha value is -3.34. The van der Waals surface area contributed by atoms with E-state index in [2.05, 4.69) is 28.4 Å². The van der Waals surface area contributed by atoms with Gasteiger partial charge in [-0.3, -0.25) is 9.59 Å². The highest BCUT2D eigenvalue weighted by molar-refractivity contribution is 5.91. The van der Waals surface area contributed by atoms with E-state index in [0.717, 1.165) is 35.0 Å². The Morgan fingerprint density at radius 1 is 0.875 bits per heavy atom. The van der Waals surface area contributed by atoms with Gasteiger partial charge < -0.3 is 15.1 Å². The lowest BCUT2D eigenvalue weighted by atomic mass is 10.0. The highest BCUT2D eigenvalue weighted by atomic mass is 16.2. The van der Waals surface area contributed by atoms with Crippen molar-refractivity contribution in [3.05, 3.63) is 77.9 Å². The predicted molar refractivity (Wildman–Crippen MR) is 130 cm³/mol. The van der Waals surface area contributed by atoms with Gasteiger partial charge in [-0.15, -0.1) is 0 Å². The second-order valence-electron chi connectivity index (χ2n) is 8.52. The number of para-hydroxylation sites is 1. The summed E-state index contributed by atoms with van der Waals surface area (Å²) in [5.41, 5.74) is 3.33. The summed E-state index contributed by atoms with van der Waals surface area (Å²) >= 11 is 0. The summed E-state index contributed by atoms with van der Waals surface area (Å²) in [7, 11) is 1.80. The summed E-state index contributed by atoms with van der Waals surface area (Å²) in [6, 6.07) is 22.3. The molecule has 1 N–H and O–H groups in total. The van der Waals surface area contributed by atoms with Gasteiger partial charge in [-0.1, -0.05) is 60.7 Å². The van der Waals surface area contributed by atoms with Crippen molar-refractivity contribution in [3.8, 4) is 0 Å². The summed E-state index contributed by atoms with van der Waals surface area (Å²) in [6.45, 7) is 2.68. The zero-order valence-corrected chi connectivity index (χ0v) is 18.7. The maximum Gasteiger partial charge on any atom is 0.242 e. The molecule has 1 aliphatic heterocycles. The molecule has 3 aromatic carbocycles. The molecule has 32 heavy (non-hydrogen) atoms. The molecule has 3 aromatic rings. The number of amides is 2. The van der Waals surface area contributed by atoms with Crippen LogP contribution in [0.2, 0.25) is 0 Å². The van der Waals surface area contributed by atoms with Crippen molar-refractivity contribution < 1.29 is 9.59 Å². The lowest BCUT2D eigenvalue weighted by molar-refractivity contribution is -0.132. The Balaban J connectivity index is 1.33. The molecule has 5 heteroatoms. The SMILES string of the molecule is CN(Cc1ccccc1N1CCCCC1)C(=O)CNC(=O)Cc1cccc2ccccc12. The number of carbonyl (C=O) groups excluding carboxylic acids is 2. The van der Waals surface area contributed by atoms with E-state index in [1.165, 1.54) is 24.9 Å². The summed E-state index contributed by atoms with van der Waals surface area (Å²) in [4.78, 5) is 29.3. The zero-order chi connectivity index (χ0) is 22.3. The van der Waals surface area contributed by atoms with Crippen LogP contribution in [-0.4, -0.2) is 43.4 Å². The first-order chi connectivity index (χ1) is 15.6. The van der Waals surface area contributed by atoms with Gasteiger partial charge in [0.1, 0.15) is 0 Å². The van der Waals surface area contributed by atoms with Crippen LogP contribution in [-0.2, 0) is 22.6 Å². The van der Waals surface area contributed by atoms with Gasteiger partial charge in [-0.25, -0.2) is 0 Å². The van der Waals surface area contributed by atoms with E-state index in [9.17, 15) is 9.59 Å². The molecule has 5 nitrogen and oxygen atoms in total. The van der Waals surface area contributed by atoms with Crippen molar-refractivity contribution in [3.63, 3.8) is 0 Å². The highest BCUT2D eigenvalue weighted by Gasteiger charge is 2.17. The van der Waals surface area contributed by atoms with Gasteiger partial charge in [0.25, 0.3) is 0 Å². The highest BCUT2D eigenvalue weighted by Crippen LogP contribution is 2.25. The average molecular weight is 430 g/mol. The van der Waals surface area contributed by atoms with Gasteiger partial charge in [0, 0.05) is 32.4 Å². The minimum Gasteiger partial charge on any atom is -0.371 e. The molecule has 166 valence electrons. The minimum atomic E-state index is -0.142. The lowest BCUT2D eigenvalue weighted by Gasteiger charge is -2.31. The van der Waals surface area contributed by atoms with Crippen molar-refractivity contribution in [1.82, 2.24) is 10.2 Å². The summed E-state index contributed by atoms with van der Waals surface area (Å²) in [5.74, 6) is -0.235. The van der Waals surface area contributed by atoms with E-state index in [4.69, 9.17) is 0 Å². The number of rotatable bonds is 7. The molecule has 2 amide bonds. The third-order valence-electron chi connectivity index (χ3n) is 6.19. The number of carbonyl (C=O) groups is 2. The number of fused-ring (bicyclic) bond motifs is 1. The molecule has 1 heterocycles. The second kappa shape index (κ2) is 10.3. The predicted octanol–water partition coefficient (Wildman–Crippen LogP) is 4.15. The maximum atomic E-state index is 12.7. The molecule has 0 saturated carbocycles. The van der Waals surface area contributed by atoms with E-state index in [-0.39, 0.29) is 24.8 Å². The maximum absolute atomic E-state index is 12.7. The third-order valence-corrected chi connectivity index (χ3v) is 6.19. The van der Waals surface area contributed by atoms with Crippen LogP contribution >= 0.6 is 0 Å². The lowest BCUT2D eigenvalue weighted by Crippen LogP contribution is -2.38. The standard InChI is InChI=1S/C27H31N3O2/c1-29(20-23-11-4-6-15-25(23)30-16-7-2-8-17-30)27(32)19-28-26(31)18-22-13-9-12-21-10-3-5-14-24(21)22/h3-6,9-15H,2,7-8,16-20H2,1H3,(H,28,31). The molecule has 0 atom stereocenters. The van der Waals surface area contributed by atoms with Crippen molar-refractivity contribution in [1.29, 1.82) is 0 Å². The minimum absolute atomic E-state index is 0.00593. The normalized spacial score (nSPS) is 13.7. The van der Waals surface area contributed by atoms with Gasteiger partial charge >= 0.3 is 0 Å². The van der Waals surface area contributed by atoms with E-state index in [0.29, 0.717) is 6.54 Å². The largest absolute Gasteiger partial charge is 0.371 e. The van der Waals surface area contributed by atoms with Crippen LogP contribution in [0, 0.1) is 0 Å². The molecule has 1 aliphatic rings. The molecule has 1 saturated heterocycles. The monoisotopic (exact) mass is 429 g/mol. The topological polar surface area (TPSA) is 52.6 Å². The van der Waals surface area contributed by atoms with Gasteiger partial charge in [-0.2, -0.15) is 0 Å². The number of anilines is 1. The Labute approximate surface area is 190 Å². The van der Waals surface area contributed by atoms with Crippen LogP contribution in [0.15, 0.2) is 66.7 Å². The van der Waals surface area contributed by atoms with Gasteiger partial charge in [0.15, 0.2) is 0 Å². The van der Waals surface area contributed by atoms with Gasteiger partial charge in [0.05, 0.1) is 13.0 Å². The van der Waals surface area contributed by atoms with E-state index in [1.807, 2.05) is 48.5 Å². The van der Waals surface area contributed by atoms with Crippen molar-refractivity contribution in [2.24, 2.45) is 0 Å². The summed E-state index contributed by atoms with van der Waals surface area (Å²) < 4.78 is 0. The van der Waals surface area contributed by atoms with E-state index >= 15 is 0 Å². The zero-order valence-electron chi connectivity index (χ0n) is 18.7. The molecular formula is C27H31N3O2. The smallest absolute Gasteiger partial charge is 0.242 e. The van der Waals surface area contributed by atoms with Gasteiger partial charge in [0.2, 0.25) is 11.8 Å². The number of hydrogen-bond acceptors (Lipinski definition) is 3. The number of hydrogen-bond donors (Lipinski definition) is 1. The third kappa shape index (κ3) is 5.28. The Morgan fingerprint density at radius 3 is 2.41 bits per heavy atom. The number of likely N-dealkylation sites (N-methyl/N-ethyl adjacent to an activating group) is 1. The Morgan fingerprint density at radius 2 is 1.56 bits per heavy atom. The number of piperidine rings is 1. The Kier molecular flexibility index (Phi) is 7.05. The van der Waals surface area contributed by atoms with Crippen molar-refractivity contribution in [2.45, 2.75) is 32.2 Å². The molecule has 0 spiro atoms. The first-order valence-corrected chi connectivity index (χ1v) is 11.4. The van der Waals surface area contributed by atoms with Crippen LogP contribution in [0.5, 0.6) is 0 Å². The number of nitrogens with zero attached hydrogens (tertiary/aromatic N) is 2. The molecule has 0 aliphatic carbocycles. The molecule has 0 unspecified atom stereocenters. The molecule has 1 fully saturated rings. The fourth-order valence-electron chi connectivity index (χ4n) is 4.42. The van der Waals surface area contributed by atoms with Crippen LogP contribution in [0.1, 0.15) is 30.4 Å². The number of benzene rings is 3. The van der Waals surface area contributed by atoms with Gasteiger partial charge in [-0.05, 0) is 47.2 Å². The van der Waals surface area contributed by atoms with Crippen molar-refractivity contribution >= 4 is 28.3 Å². The molecule has 0 radical (unpaired) electrons.